The van der Waals surface area contributed by atoms with E-state index in [-0.39, 0.29) is 0 Å². The van der Waals surface area contributed by atoms with E-state index in [1.54, 1.807) is 24.3 Å². The minimum absolute atomic E-state index is 0.344. The molecule has 0 bridgehead atoms. The number of aromatic amines is 1. The molecule has 0 aliphatic rings. The van der Waals surface area contributed by atoms with Gasteiger partial charge < -0.3 is 9.72 Å². The summed E-state index contributed by atoms with van der Waals surface area (Å²) in [7, 11) is 1.28. The van der Waals surface area contributed by atoms with Crippen LogP contribution in [-0.4, -0.2) is 18.1 Å². The van der Waals surface area contributed by atoms with Gasteiger partial charge in [-0.3, -0.25) is 0 Å². The number of esters is 1. The summed E-state index contributed by atoms with van der Waals surface area (Å²) in [5, 5.41) is 0.651. The maximum Gasteiger partial charge on any atom is 0.416 e. The molecule has 0 saturated heterocycles. The Kier molecular flexibility index (Phi) is 4.13. The fourth-order valence-electron chi connectivity index (χ4n) is 2.44. The molecule has 3 aromatic rings. The molecule has 1 aromatic heterocycles. The van der Waals surface area contributed by atoms with E-state index in [4.69, 9.17) is 4.74 Å². The first kappa shape index (κ1) is 16.6. The lowest BCUT2D eigenvalue weighted by molar-refractivity contribution is -0.137. The molecule has 24 heavy (non-hydrogen) atoms. The Morgan fingerprint density at radius 3 is 2.54 bits per heavy atom. The van der Waals surface area contributed by atoms with E-state index in [1.165, 1.54) is 13.2 Å². The third-order valence-corrected chi connectivity index (χ3v) is 4.04. The molecule has 0 fully saturated rings. The number of alkyl halides is 3. The van der Waals surface area contributed by atoms with Crippen LogP contribution in [0.1, 0.15) is 15.9 Å². The number of methoxy groups -OCH3 is 1. The zero-order valence-electron chi connectivity index (χ0n) is 12.4. The van der Waals surface area contributed by atoms with Crippen molar-refractivity contribution < 1.29 is 22.7 Å². The highest BCUT2D eigenvalue weighted by Gasteiger charge is 2.30. The van der Waals surface area contributed by atoms with Gasteiger partial charge in [0.05, 0.1) is 18.2 Å². The molecule has 7 heteroatoms. The predicted octanol–water partition coefficient (Wildman–Crippen LogP) is 5.40. The first-order chi connectivity index (χ1) is 11.3. The Hall–Kier alpha value is -2.28. The second-order valence-electron chi connectivity index (χ2n) is 5.20. The van der Waals surface area contributed by atoms with Crippen LogP contribution in [0, 0.1) is 0 Å². The Morgan fingerprint density at radius 1 is 1.12 bits per heavy atom. The van der Waals surface area contributed by atoms with Crippen LogP contribution < -0.4 is 0 Å². The van der Waals surface area contributed by atoms with Crippen LogP contribution in [0.5, 0.6) is 0 Å². The van der Waals surface area contributed by atoms with Crippen molar-refractivity contribution in [3.05, 3.63) is 58.1 Å². The predicted molar refractivity (Wildman–Crippen MR) is 87.8 cm³/mol. The van der Waals surface area contributed by atoms with E-state index in [0.717, 1.165) is 12.1 Å². The Balaban J connectivity index is 2.10. The number of H-pyrrole nitrogens is 1. The number of hydrogen-bond donors (Lipinski definition) is 1. The van der Waals surface area contributed by atoms with Gasteiger partial charge in [-0.2, -0.15) is 13.2 Å². The largest absolute Gasteiger partial charge is 0.465 e. The molecular formula is C17H11BrF3NO2. The first-order valence-electron chi connectivity index (χ1n) is 6.87. The molecule has 0 unspecified atom stereocenters. The summed E-state index contributed by atoms with van der Waals surface area (Å²) in [4.78, 5) is 14.7. The molecule has 0 saturated carbocycles. The van der Waals surface area contributed by atoms with Crippen molar-refractivity contribution in [2.24, 2.45) is 0 Å². The van der Waals surface area contributed by atoms with Crippen molar-refractivity contribution >= 4 is 32.8 Å². The molecule has 0 atom stereocenters. The van der Waals surface area contributed by atoms with Crippen LogP contribution in [0.4, 0.5) is 13.2 Å². The molecule has 0 spiro atoms. The number of carbonyl (C=O) groups excluding carboxylic acids is 1. The van der Waals surface area contributed by atoms with Gasteiger partial charge in [-0.05, 0) is 42.0 Å². The van der Waals surface area contributed by atoms with E-state index in [0.29, 0.717) is 32.2 Å². The highest BCUT2D eigenvalue weighted by Crippen LogP contribution is 2.33. The maximum atomic E-state index is 12.8. The monoisotopic (exact) mass is 397 g/mol. The molecule has 3 nitrogen and oxygen atoms in total. The fraction of sp³-hybridized carbons (Fsp3) is 0.118. The lowest BCUT2D eigenvalue weighted by Gasteiger charge is -2.05. The number of fused-ring (bicyclic) bond motifs is 1. The van der Waals surface area contributed by atoms with Gasteiger partial charge in [-0.25, -0.2) is 4.79 Å². The Labute approximate surface area is 143 Å². The van der Waals surface area contributed by atoms with Gasteiger partial charge in [0.25, 0.3) is 0 Å². The van der Waals surface area contributed by atoms with Crippen LogP contribution >= 0.6 is 15.9 Å². The van der Waals surface area contributed by atoms with Gasteiger partial charge >= 0.3 is 12.1 Å². The fourth-order valence-corrected chi connectivity index (χ4v) is 2.93. The standard InChI is InChI=1S/C17H11BrF3NO2/c1-24-16(23)11-4-10(5-13(18)6-11)14-7-9-2-3-12(17(19,20)21)8-15(9)22-14/h2-8,22H,1H3. The van der Waals surface area contributed by atoms with Crippen molar-refractivity contribution in [1.82, 2.24) is 4.98 Å². The van der Waals surface area contributed by atoms with Gasteiger partial charge in [0, 0.05) is 21.1 Å². The number of benzene rings is 2. The second kappa shape index (κ2) is 5.98. The summed E-state index contributed by atoms with van der Waals surface area (Å²) in [6, 6.07) is 10.3. The van der Waals surface area contributed by atoms with Crippen LogP contribution in [0.3, 0.4) is 0 Å². The minimum Gasteiger partial charge on any atom is -0.465 e. The van der Waals surface area contributed by atoms with E-state index in [9.17, 15) is 18.0 Å². The summed E-state index contributed by atoms with van der Waals surface area (Å²) < 4.78 is 43.8. The number of aromatic nitrogens is 1. The molecule has 1 N–H and O–H groups in total. The molecule has 0 amide bonds. The second-order valence-corrected chi connectivity index (χ2v) is 6.12. The summed E-state index contributed by atoms with van der Waals surface area (Å²) in [5.74, 6) is -0.493. The van der Waals surface area contributed by atoms with Crippen molar-refractivity contribution in [3.8, 4) is 11.3 Å². The third-order valence-electron chi connectivity index (χ3n) is 3.58. The lowest BCUT2D eigenvalue weighted by Crippen LogP contribution is -2.03. The number of nitrogens with one attached hydrogen (secondary N) is 1. The number of ether oxygens (including phenoxy) is 1. The van der Waals surface area contributed by atoms with Gasteiger partial charge in [0.15, 0.2) is 0 Å². The third kappa shape index (κ3) is 3.17. The van der Waals surface area contributed by atoms with Gasteiger partial charge in [-0.1, -0.05) is 22.0 Å². The van der Waals surface area contributed by atoms with Gasteiger partial charge in [0.2, 0.25) is 0 Å². The normalized spacial score (nSPS) is 11.7. The average molecular weight is 398 g/mol. The zero-order valence-corrected chi connectivity index (χ0v) is 14.0. The lowest BCUT2D eigenvalue weighted by atomic mass is 10.1. The van der Waals surface area contributed by atoms with E-state index < -0.39 is 17.7 Å². The number of rotatable bonds is 2. The number of halogens is 4. The highest BCUT2D eigenvalue weighted by molar-refractivity contribution is 9.10. The van der Waals surface area contributed by atoms with E-state index >= 15 is 0 Å². The van der Waals surface area contributed by atoms with Crippen molar-refractivity contribution in [3.63, 3.8) is 0 Å². The molecular weight excluding hydrogens is 387 g/mol. The summed E-state index contributed by atoms with van der Waals surface area (Å²) in [5.41, 5.74) is 1.27. The smallest absolute Gasteiger partial charge is 0.416 e. The van der Waals surface area contributed by atoms with Crippen molar-refractivity contribution in [2.45, 2.75) is 6.18 Å². The minimum atomic E-state index is -4.40. The SMILES string of the molecule is COC(=O)c1cc(Br)cc(-c2cc3ccc(C(F)(F)F)cc3[nH]2)c1. The van der Waals surface area contributed by atoms with Gasteiger partial charge in [0.1, 0.15) is 0 Å². The topological polar surface area (TPSA) is 42.1 Å². The molecule has 0 aliphatic heterocycles. The number of hydrogen-bond acceptors (Lipinski definition) is 2. The summed E-state index contributed by atoms with van der Waals surface area (Å²) in [6.07, 6.45) is -4.40. The van der Waals surface area contributed by atoms with E-state index in [1.807, 2.05) is 0 Å². The Bertz CT molecular complexity index is 931. The van der Waals surface area contributed by atoms with Crippen molar-refractivity contribution in [2.75, 3.05) is 7.11 Å². The Morgan fingerprint density at radius 2 is 1.88 bits per heavy atom. The molecule has 0 radical (unpaired) electrons. The molecule has 3 rings (SSSR count). The van der Waals surface area contributed by atoms with Crippen LogP contribution in [0.2, 0.25) is 0 Å². The summed E-state index contributed by atoms with van der Waals surface area (Å²) in [6.45, 7) is 0. The van der Waals surface area contributed by atoms with Crippen LogP contribution in [-0.2, 0) is 10.9 Å². The highest BCUT2D eigenvalue weighted by atomic mass is 79.9. The quantitative estimate of drug-likeness (QED) is 0.588. The van der Waals surface area contributed by atoms with Crippen LogP contribution in [0.15, 0.2) is 46.9 Å². The van der Waals surface area contributed by atoms with E-state index in [2.05, 4.69) is 20.9 Å². The molecule has 1 heterocycles. The maximum absolute atomic E-state index is 12.8. The number of carbonyl (C=O) groups is 1. The molecule has 2 aromatic carbocycles. The average Bonchev–Trinajstić information content (AvgIpc) is 2.95. The molecule has 0 aliphatic carbocycles. The van der Waals surface area contributed by atoms with Crippen LogP contribution in [0.25, 0.3) is 22.2 Å². The van der Waals surface area contributed by atoms with Gasteiger partial charge in [-0.15, -0.1) is 0 Å². The molecule has 124 valence electrons. The first-order valence-corrected chi connectivity index (χ1v) is 7.66. The summed E-state index contributed by atoms with van der Waals surface area (Å²) >= 11 is 3.32. The van der Waals surface area contributed by atoms with Crippen molar-refractivity contribution in [1.29, 1.82) is 0 Å². The zero-order chi connectivity index (χ0) is 17.5.